The lowest BCUT2D eigenvalue weighted by Gasteiger charge is -2.19. The van der Waals surface area contributed by atoms with Crippen molar-refractivity contribution in [1.82, 2.24) is 0 Å². The molecular formula is C16H20OP+. The standard InChI is InChI=1S/C16H20OP/c1-2-3-14-18(17,15-10-6-4-7-11-15)16-12-8-5-9-13-16/h4-13,17H,2-3,14H2,1H3/q+1. The van der Waals surface area contributed by atoms with Gasteiger partial charge >= 0.3 is 0 Å². The number of hydrogen-bond donors (Lipinski definition) is 1. The summed E-state index contributed by atoms with van der Waals surface area (Å²) in [6.07, 6.45) is 3.05. The van der Waals surface area contributed by atoms with Crippen LogP contribution in [0.15, 0.2) is 60.7 Å². The molecule has 0 aliphatic carbocycles. The van der Waals surface area contributed by atoms with E-state index in [0.717, 1.165) is 29.6 Å². The Hall–Kier alpha value is -1.17. The third-order valence-electron chi connectivity index (χ3n) is 3.20. The molecule has 0 aliphatic rings. The molecule has 2 rings (SSSR count). The fourth-order valence-corrected chi connectivity index (χ4v) is 5.06. The Bertz CT molecular complexity index is 427. The van der Waals surface area contributed by atoms with Gasteiger partial charge in [0.15, 0.2) is 0 Å². The lowest BCUT2D eigenvalue weighted by Crippen LogP contribution is -2.24. The maximum Gasteiger partial charge on any atom is 0.206 e. The molecule has 0 fully saturated rings. The Morgan fingerprint density at radius 3 is 1.67 bits per heavy atom. The molecule has 0 unspecified atom stereocenters. The van der Waals surface area contributed by atoms with Gasteiger partial charge in [-0.15, -0.1) is 0 Å². The summed E-state index contributed by atoms with van der Waals surface area (Å²) in [4.78, 5) is 11.2. The molecule has 0 aromatic heterocycles. The van der Waals surface area contributed by atoms with E-state index in [4.69, 9.17) is 0 Å². The van der Waals surface area contributed by atoms with Crippen LogP contribution in [0.5, 0.6) is 0 Å². The van der Waals surface area contributed by atoms with Crippen molar-refractivity contribution < 1.29 is 4.89 Å². The van der Waals surface area contributed by atoms with Gasteiger partial charge in [0, 0.05) is 0 Å². The highest BCUT2D eigenvalue weighted by molar-refractivity contribution is 7.84. The molecule has 2 aromatic rings. The summed E-state index contributed by atoms with van der Waals surface area (Å²) < 4.78 is 0. The van der Waals surface area contributed by atoms with Crippen LogP contribution in [0.4, 0.5) is 0 Å². The molecule has 1 nitrogen and oxygen atoms in total. The zero-order valence-electron chi connectivity index (χ0n) is 10.8. The average Bonchev–Trinajstić information content (AvgIpc) is 2.46. The zero-order chi connectivity index (χ0) is 12.8. The monoisotopic (exact) mass is 259 g/mol. The molecule has 0 saturated carbocycles. The van der Waals surface area contributed by atoms with Crippen molar-refractivity contribution in [3.8, 4) is 0 Å². The highest BCUT2D eigenvalue weighted by atomic mass is 31.2. The number of hydrogen-bond acceptors (Lipinski definition) is 1. The summed E-state index contributed by atoms with van der Waals surface area (Å²) in [6.45, 7) is 2.17. The van der Waals surface area contributed by atoms with E-state index in [9.17, 15) is 4.89 Å². The van der Waals surface area contributed by atoms with Crippen molar-refractivity contribution in [3.63, 3.8) is 0 Å². The summed E-state index contributed by atoms with van der Waals surface area (Å²) in [5.74, 6) is 0. The van der Waals surface area contributed by atoms with Crippen LogP contribution in [0, 0.1) is 0 Å². The van der Waals surface area contributed by atoms with E-state index >= 15 is 0 Å². The van der Waals surface area contributed by atoms with Crippen LogP contribution in [0.2, 0.25) is 0 Å². The zero-order valence-corrected chi connectivity index (χ0v) is 11.7. The molecule has 0 bridgehead atoms. The minimum atomic E-state index is -2.19. The average molecular weight is 259 g/mol. The first-order valence-electron chi connectivity index (χ1n) is 6.49. The van der Waals surface area contributed by atoms with Crippen molar-refractivity contribution in [2.45, 2.75) is 19.8 Å². The quantitative estimate of drug-likeness (QED) is 0.816. The van der Waals surface area contributed by atoms with Gasteiger partial charge in [0.25, 0.3) is 0 Å². The predicted octanol–water partition coefficient (Wildman–Crippen LogP) is 3.36. The second-order valence-electron chi connectivity index (χ2n) is 4.52. The molecule has 0 atom stereocenters. The van der Waals surface area contributed by atoms with Gasteiger partial charge in [0.05, 0.1) is 6.16 Å². The Balaban J connectivity index is 2.41. The van der Waals surface area contributed by atoms with E-state index < -0.39 is 7.49 Å². The highest BCUT2D eigenvalue weighted by Crippen LogP contribution is 2.52. The van der Waals surface area contributed by atoms with Crippen LogP contribution in [0.25, 0.3) is 0 Å². The van der Waals surface area contributed by atoms with Gasteiger partial charge in [-0.1, -0.05) is 49.7 Å². The normalized spacial score (nSPS) is 11.4. The SMILES string of the molecule is CCCC[P+](O)(c1ccccc1)c1ccccc1. The smallest absolute Gasteiger partial charge is 0.206 e. The Labute approximate surface area is 110 Å². The van der Waals surface area contributed by atoms with Crippen LogP contribution in [-0.2, 0) is 0 Å². The van der Waals surface area contributed by atoms with Gasteiger partial charge in [-0.05, 0) is 30.7 Å². The Kier molecular flexibility index (Phi) is 4.52. The molecule has 0 aliphatic heterocycles. The molecule has 2 heteroatoms. The first-order chi connectivity index (χ1) is 8.77. The molecule has 0 radical (unpaired) electrons. The Morgan fingerprint density at radius 1 is 0.833 bits per heavy atom. The highest BCUT2D eigenvalue weighted by Gasteiger charge is 2.40. The molecule has 2 aromatic carbocycles. The Morgan fingerprint density at radius 2 is 1.28 bits per heavy atom. The lowest BCUT2D eigenvalue weighted by molar-refractivity contribution is 0.617. The number of benzene rings is 2. The van der Waals surface area contributed by atoms with Gasteiger partial charge in [0.1, 0.15) is 10.6 Å². The second-order valence-corrected chi connectivity index (χ2v) is 7.54. The number of unbranched alkanes of at least 4 members (excludes halogenated alkanes) is 1. The summed E-state index contributed by atoms with van der Waals surface area (Å²) in [5.41, 5.74) is 0. The van der Waals surface area contributed by atoms with Crippen LogP contribution < -0.4 is 10.6 Å². The summed E-state index contributed by atoms with van der Waals surface area (Å²) in [7, 11) is -2.19. The molecule has 94 valence electrons. The van der Waals surface area contributed by atoms with E-state index in [-0.39, 0.29) is 0 Å². The topological polar surface area (TPSA) is 20.2 Å². The maximum atomic E-state index is 11.2. The maximum absolute atomic E-state index is 11.2. The van der Waals surface area contributed by atoms with Gasteiger partial charge in [0.2, 0.25) is 7.49 Å². The van der Waals surface area contributed by atoms with Crippen molar-refractivity contribution in [2.24, 2.45) is 0 Å². The van der Waals surface area contributed by atoms with Gasteiger partial charge < -0.3 is 0 Å². The molecule has 1 N–H and O–H groups in total. The van der Waals surface area contributed by atoms with E-state index in [1.54, 1.807) is 0 Å². The van der Waals surface area contributed by atoms with Gasteiger partial charge in [-0.2, -0.15) is 0 Å². The van der Waals surface area contributed by atoms with E-state index in [1.807, 2.05) is 36.4 Å². The van der Waals surface area contributed by atoms with Crippen LogP contribution in [-0.4, -0.2) is 11.1 Å². The fourth-order valence-electron chi connectivity index (χ4n) is 2.14. The lowest BCUT2D eigenvalue weighted by atomic mass is 10.4. The number of rotatable bonds is 5. The molecule has 0 spiro atoms. The van der Waals surface area contributed by atoms with Crippen LogP contribution in [0.1, 0.15) is 19.8 Å². The second kappa shape index (κ2) is 6.13. The largest absolute Gasteiger partial charge is 0.241 e. The van der Waals surface area contributed by atoms with Crippen molar-refractivity contribution in [3.05, 3.63) is 60.7 Å². The van der Waals surface area contributed by atoms with Crippen molar-refractivity contribution in [2.75, 3.05) is 6.16 Å². The predicted molar refractivity (Wildman–Crippen MR) is 81.1 cm³/mol. The van der Waals surface area contributed by atoms with Gasteiger partial charge in [-0.3, -0.25) is 0 Å². The molecule has 0 amide bonds. The molecule has 0 saturated heterocycles. The van der Waals surface area contributed by atoms with E-state index in [0.29, 0.717) is 0 Å². The fraction of sp³-hybridized carbons (Fsp3) is 0.250. The summed E-state index contributed by atoms with van der Waals surface area (Å²) in [6, 6.07) is 20.2. The minimum absolute atomic E-state index is 0.873. The van der Waals surface area contributed by atoms with Crippen molar-refractivity contribution in [1.29, 1.82) is 0 Å². The third kappa shape index (κ3) is 2.80. The first-order valence-corrected chi connectivity index (χ1v) is 8.42. The van der Waals surface area contributed by atoms with E-state index in [2.05, 4.69) is 31.2 Å². The molecule has 18 heavy (non-hydrogen) atoms. The summed E-state index contributed by atoms with van der Waals surface area (Å²) in [5, 5.41) is 2.18. The van der Waals surface area contributed by atoms with Crippen LogP contribution >= 0.6 is 7.49 Å². The third-order valence-corrected chi connectivity index (χ3v) is 6.47. The van der Waals surface area contributed by atoms with Crippen LogP contribution in [0.3, 0.4) is 0 Å². The minimum Gasteiger partial charge on any atom is -0.241 e. The van der Waals surface area contributed by atoms with Crippen molar-refractivity contribution >= 4 is 18.1 Å². The molecular weight excluding hydrogens is 239 g/mol. The summed E-state index contributed by atoms with van der Waals surface area (Å²) >= 11 is 0. The van der Waals surface area contributed by atoms with Gasteiger partial charge in [-0.25, -0.2) is 4.89 Å². The first kappa shape index (κ1) is 13.3. The van der Waals surface area contributed by atoms with E-state index in [1.165, 1.54) is 0 Å². The molecule has 0 heterocycles.